The van der Waals surface area contributed by atoms with Crippen molar-refractivity contribution in [2.75, 3.05) is 18.6 Å². The van der Waals surface area contributed by atoms with Gasteiger partial charge in [-0.05, 0) is 23.3 Å². The average Bonchev–Trinajstić information content (AvgIpc) is 2.80. The Kier molecular flexibility index (Phi) is 8.05. The number of para-hydroxylation sites is 1. The zero-order valence-electron chi connectivity index (χ0n) is 17.7. The largest absolute Gasteiger partial charge is 0.337 e. The van der Waals surface area contributed by atoms with Gasteiger partial charge in [-0.3, -0.25) is 15.2 Å². The molecule has 0 aromatic heterocycles. The van der Waals surface area contributed by atoms with E-state index in [-0.39, 0.29) is 24.9 Å². The van der Waals surface area contributed by atoms with Crippen LogP contribution in [0.3, 0.4) is 0 Å². The molecule has 0 aliphatic heterocycles. The molecule has 0 fully saturated rings. The highest BCUT2D eigenvalue weighted by Gasteiger charge is 2.13. The summed E-state index contributed by atoms with van der Waals surface area (Å²) >= 11 is 0. The van der Waals surface area contributed by atoms with Gasteiger partial charge in [0.05, 0.1) is 12.2 Å². The summed E-state index contributed by atoms with van der Waals surface area (Å²) in [5.41, 5.74) is 5.99. The zero-order chi connectivity index (χ0) is 21.9. The Morgan fingerprint density at radius 2 is 1.26 bits per heavy atom. The third kappa shape index (κ3) is 7.19. The van der Waals surface area contributed by atoms with E-state index in [4.69, 9.17) is 0 Å². The molecule has 3 rings (SSSR count). The van der Waals surface area contributed by atoms with E-state index in [0.29, 0.717) is 13.1 Å². The minimum absolute atomic E-state index is 0.161. The number of anilines is 1. The van der Waals surface area contributed by atoms with Gasteiger partial charge < -0.3 is 10.2 Å². The molecule has 0 saturated heterocycles. The SMILES string of the molecule is CN(Cc1ccccc1)C(=O)NCCC(=O)NN(Cc1ccccc1)c1ccccc1. The van der Waals surface area contributed by atoms with E-state index in [0.717, 1.165) is 16.8 Å². The Hall–Kier alpha value is -3.80. The lowest BCUT2D eigenvalue weighted by molar-refractivity contribution is -0.121. The maximum absolute atomic E-state index is 12.5. The van der Waals surface area contributed by atoms with Gasteiger partial charge in [-0.25, -0.2) is 4.79 Å². The Bertz CT molecular complexity index is 949. The first kappa shape index (κ1) is 21.9. The number of amides is 3. The number of hydrazine groups is 1. The topological polar surface area (TPSA) is 64.7 Å². The van der Waals surface area contributed by atoms with E-state index >= 15 is 0 Å². The minimum atomic E-state index is -0.208. The van der Waals surface area contributed by atoms with Crippen LogP contribution in [0.1, 0.15) is 17.5 Å². The van der Waals surface area contributed by atoms with Crippen LogP contribution in [0.5, 0.6) is 0 Å². The molecule has 0 unspecified atom stereocenters. The van der Waals surface area contributed by atoms with E-state index in [1.165, 1.54) is 0 Å². The molecular formula is C25H28N4O2. The number of hydrogen-bond acceptors (Lipinski definition) is 3. The van der Waals surface area contributed by atoms with Crippen molar-refractivity contribution in [3.05, 3.63) is 102 Å². The quantitative estimate of drug-likeness (QED) is 0.519. The van der Waals surface area contributed by atoms with Gasteiger partial charge in [0.15, 0.2) is 0 Å². The van der Waals surface area contributed by atoms with Gasteiger partial charge in [0.25, 0.3) is 0 Å². The molecule has 3 aromatic carbocycles. The molecule has 6 nitrogen and oxygen atoms in total. The molecule has 31 heavy (non-hydrogen) atoms. The predicted molar refractivity (Wildman–Crippen MR) is 123 cm³/mol. The summed E-state index contributed by atoms with van der Waals surface area (Å²) in [6.07, 6.45) is 0.184. The Morgan fingerprint density at radius 3 is 1.84 bits per heavy atom. The second-order valence-corrected chi connectivity index (χ2v) is 7.27. The summed E-state index contributed by atoms with van der Waals surface area (Å²) in [6, 6.07) is 29.2. The van der Waals surface area contributed by atoms with Crippen LogP contribution in [0.25, 0.3) is 0 Å². The van der Waals surface area contributed by atoms with Crippen molar-refractivity contribution in [2.45, 2.75) is 19.5 Å². The highest BCUT2D eigenvalue weighted by atomic mass is 16.2. The van der Waals surface area contributed by atoms with Crippen molar-refractivity contribution in [3.63, 3.8) is 0 Å². The normalized spacial score (nSPS) is 10.2. The number of nitrogens with one attached hydrogen (secondary N) is 2. The Morgan fingerprint density at radius 1 is 0.742 bits per heavy atom. The first-order valence-corrected chi connectivity index (χ1v) is 10.3. The molecule has 0 heterocycles. The van der Waals surface area contributed by atoms with Gasteiger partial charge >= 0.3 is 6.03 Å². The highest BCUT2D eigenvalue weighted by molar-refractivity contribution is 5.79. The van der Waals surface area contributed by atoms with Gasteiger partial charge in [0.1, 0.15) is 0 Å². The average molecular weight is 417 g/mol. The van der Waals surface area contributed by atoms with E-state index < -0.39 is 0 Å². The van der Waals surface area contributed by atoms with Gasteiger partial charge in [-0.1, -0.05) is 78.9 Å². The molecule has 6 heteroatoms. The summed E-state index contributed by atoms with van der Waals surface area (Å²) in [5, 5.41) is 4.62. The van der Waals surface area contributed by atoms with Crippen LogP contribution in [-0.2, 0) is 17.9 Å². The second-order valence-electron chi connectivity index (χ2n) is 7.27. The van der Waals surface area contributed by atoms with Crippen LogP contribution in [0, 0.1) is 0 Å². The van der Waals surface area contributed by atoms with Crippen molar-refractivity contribution in [2.24, 2.45) is 0 Å². The maximum atomic E-state index is 12.5. The van der Waals surface area contributed by atoms with Crippen molar-refractivity contribution >= 4 is 17.6 Å². The van der Waals surface area contributed by atoms with Crippen molar-refractivity contribution in [3.8, 4) is 0 Å². The molecule has 0 bridgehead atoms. The number of hydrogen-bond donors (Lipinski definition) is 2. The first-order valence-electron chi connectivity index (χ1n) is 10.3. The van der Waals surface area contributed by atoms with Crippen LogP contribution >= 0.6 is 0 Å². The molecule has 0 saturated carbocycles. The molecule has 3 aromatic rings. The van der Waals surface area contributed by atoms with Crippen molar-refractivity contribution in [1.29, 1.82) is 0 Å². The molecule has 0 atom stereocenters. The van der Waals surface area contributed by atoms with Crippen LogP contribution < -0.4 is 15.8 Å². The molecule has 160 valence electrons. The lowest BCUT2D eigenvalue weighted by atomic mass is 10.2. The lowest BCUT2D eigenvalue weighted by Gasteiger charge is -2.26. The fraction of sp³-hybridized carbons (Fsp3) is 0.200. The van der Waals surface area contributed by atoms with Gasteiger partial charge in [-0.15, -0.1) is 0 Å². The number of rotatable bonds is 9. The van der Waals surface area contributed by atoms with E-state index in [2.05, 4.69) is 10.7 Å². The van der Waals surface area contributed by atoms with Crippen LogP contribution in [-0.4, -0.2) is 30.4 Å². The van der Waals surface area contributed by atoms with Crippen LogP contribution in [0.4, 0.5) is 10.5 Å². The molecule has 3 amide bonds. The second kappa shape index (κ2) is 11.4. The van der Waals surface area contributed by atoms with E-state index in [1.54, 1.807) is 11.9 Å². The van der Waals surface area contributed by atoms with Crippen molar-refractivity contribution < 1.29 is 9.59 Å². The summed E-state index contributed by atoms with van der Waals surface area (Å²) < 4.78 is 0. The maximum Gasteiger partial charge on any atom is 0.317 e. The lowest BCUT2D eigenvalue weighted by Crippen LogP contribution is -2.44. The Balaban J connectivity index is 1.49. The summed E-state index contributed by atoms with van der Waals surface area (Å²) in [5.74, 6) is -0.161. The number of carbonyl (C=O) groups is 2. The zero-order valence-corrected chi connectivity index (χ0v) is 17.7. The van der Waals surface area contributed by atoms with Crippen LogP contribution in [0.2, 0.25) is 0 Å². The summed E-state index contributed by atoms with van der Waals surface area (Å²) in [4.78, 5) is 26.4. The van der Waals surface area contributed by atoms with E-state index in [1.807, 2.05) is 96.0 Å². The smallest absolute Gasteiger partial charge is 0.317 e. The molecular weight excluding hydrogens is 388 g/mol. The fourth-order valence-electron chi connectivity index (χ4n) is 3.12. The van der Waals surface area contributed by atoms with Gasteiger partial charge in [0, 0.05) is 26.6 Å². The minimum Gasteiger partial charge on any atom is -0.337 e. The van der Waals surface area contributed by atoms with Crippen LogP contribution in [0.15, 0.2) is 91.0 Å². The molecule has 0 radical (unpaired) electrons. The number of carbonyl (C=O) groups excluding carboxylic acids is 2. The molecule has 0 aliphatic rings. The van der Waals surface area contributed by atoms with Gasteiger partial charge in [0.2, 0.25) is 5.91 Å². The molecule has 2 N–H and O–H groups in total. The fourth-order valence-corrected chi connectivity index (χ4v) is 3.12. The first-order chi connectivity index (χ1) is 15.1. The number of urea groups is 1. The predicted octanol–water partition coefficient (Wildman–Crippen LogP) is 3.96. The van der Waals surface area contributed by atoms with E-state index in [9.17, 15) is 9.59 Å². The summed E-state index contributed by atoms with van der Waals surface area (Å²) in [7, 11) is 1.74. The molecule has 0 spiro atoms. The number of benzene rings is 3. The monoisotopic (exact) mass is 416 g/mol. The molecule has 0 aliphatic carbocycles. The van der Waals surface area contributed by atoms with Crippen molar-refractivity contribution in [1.82, 2.24) is 15.6 Å². The Labute approximate surface area is 183 Å². The highest BCUT2D eigenvalue weighted by Crippen LogP contribution is 2.14. The van der Waals surface area contributed by atoms with Gasteiger partial charge in [-0.2, -0.15) is 0 Å². The number of nitrogens with zero attached hydrogens (tertiary/aromatic N) is 2. The summed E-state index contributed by atoms with van der Waals surface area (Å²) in [6.45, 7) is 1.32. The third-order valence-corrected chi connectivity index (χ3v) is 4.75. The standard InChI is InChI=1S/C25H28N4O2/c1-28(19-21-11-5-2-6-12-21)25(31)26-18-17-24(30)27-29(23-15-9-4-10-16-23)20-22-13-7-3-8-14-22/h2-16H,17-20H2,1H3,(H,26,31)(H,27,30). The third-order valence-electron chi connectivity index (χ3n) is 4.75.